The summed E-state index contributed by atoms with van der Waals surface area (Å²) >= 11 is 0. The lowest BCUT2D eigenvalue weighted by Gasteiger charge is -2.22. The lowest BCUT2D eigenvalue weighted by atomic mass is 9.95. The second kappa shape index (κ2) is 9.75. The predicted molar refractivity (Wildman–Crippen MR) is 125 cm³/mol. The van der Waals surface area contributed by atoms with Crippen LogP contribution in [0.4, 0.5) is 13.6 Å². The number of nitrogens with one attached hydrogen (secondary N) is 1. The molecule has 0 saturated heterocycles. The van der Waals surface area contributed by atoms with E-state index in [-0.39, 0.29) is 11.1 Å². The summed E-state index contributed by atoms with van der Waals surface area (Å²) in [5, 5.41) is 3.60. The number of ether oxygens (including phenoxy) is 2. The number of carbonyl (C=O) groups excluding carboxylic acids is 2. The molecule has 1 N–H and O–H groups in total. The summed E-state index contributed by atoms with van der Waals surface area (Å²) in [6, 6.07) is 7.89. The van der Waals surface area contributed by atoms with Crippen LogP contribution in [0, 0.1) is 18.6 Å². The molecule has 0 radical (unpaired) electrons. The summed E-state index contributed by atoms with van der Waals surface area (Å²) in [5.74, 6) is -2.49. The van der Waals surface area contributed by atoms with Crippen LogP contribution in [0.25, 0.3) is 10.8 Å². The number of benzene rings is 2. The van der Waals surface area contributed by atoms with Crippen molar-refractivity contribution in [2.75, 3.05) is 6.61 Å². The first-order valence-electron chi connectivity index (χ1n) is 11.0. The number of ketones is 1. The molecule has 0 aliphatic carbocycles. The van der Waals surface area contributed by atoms with E-state index in [0.29, 0.717) is 29.0 Å². The number of nitrogens with zero attached hydrogens (tertiary/aromatic N) is 1. The molecule has 34 heavy (non-hydrogen) atoms. The number of carbonyl (C=O) groups is 2. The van der Waals surface area contributed by atoms with E-state index < -0.39 is 40.7 Å². The van der Waals surface area contributed by atoms with Gasteiger partial charge in [0.05, 0.1) is 18.2 Å². The first-order chi connectivity index (χ1) is 15.9. The SMILES string of the molecule is CCOc1nc(C)cc2c(C(=O)c3c(F)cc(C(C)NC(=O)OC(C)(C)C)cc3F)cccc12. The molecule has 8 heteroatoms. The van der Waals surface area contributed by atoms with Crippen molar-refractivity contribution in [3.63, 3.8) is 0 Å². The Morgan fingerprint density at radius 1 is 1.09 bits per heavy atom. The van der Waals surface area contributed by atoms with Crippen LogP contribution < -0.4 is 10.1 Å². The van der Waals surface area contributed by atoms with Crippen molar-refractivity contribution in [2.45, 2.75) is 53.2 Å². The average Bonchev–Trinajstić information content (AvgIpc) is 2.71. The van der Waals surface area contributed by atoms with Gasteiger partial charge >= 0.3 is 6.09 Å². The molecule has 0 aliphatic rings. The van der Waals surface area contributed by atoms with Gasteiger partial charge in [0, 0.05) is 22.0 Å². The zero-order valence-electron chi connectivity index (χ0n) is 20.1. The number of halogens is 2. The van der Waals surface area contributed by atoms with Crippen molar-refractivity contribution in [1.29, 1.82) is 0 Å². The van der Waals surface area contributed by atoms with Crippen LogP contribution in [0.1, 0.15) is 67.8 Å². The lowest BCUT2D eigenvalue weighted by molar-refractivity contribution is 0.0507. The monoisotopic (exact) mass is 470 g/mol. The Kier molecular flexibility index (Phi) is 7.19. The molecule has 1 amide bonds. The highest BCUT2D eigenvalue weighted by molar-refractivity contribution is 6.17. The number of hydrogen-bond donors (Lipinski definition) is 1. The normalized spacial score (nSPS) is 12.4. The van der Waals surface area contributed by atoms with E-state index in [1.807, 2.05) is 6.92 Å². The van der Waals surface area contributed by atoms with E-state index in [2.05, 4.69) is 10.3 Å². The minimum Gasteiger partial charge on any atom is -0.478 e. The summed E-state index contributed by atoms with van der Waals surface area (Å²) in [5.41, 5.74) is -0.489. The number of hydrogen-bond acceptors (Lipinski definition) is 5. The highest BCUT2D eigenvalue weighted by Gasteiger charge is 2.25. The molecule has 1 heterocycles. The topological polar surface area (TPSA) is 77.5 Å². The second-order valence-corrected chi connectivity index (χ2v) is 8.96. The number of aromatic nitrogens is 1. The van der Waals surface area contributed by atoms with Gasteiger partial charge in [-0.25, -0.2) is 18.6 Å². The van der Waals surface area contributed by atoms with Crippen molar-refractivity contribution in [3.05, 3.63) is 70.4 Å². The fourth-order valence-electron chi connectivity index (χ4n) is 3.58. The summed E-state index contributed by atoms with van der Waals surface area (Å²) in [6.07, 6.45) is -0.717. The van der Waals surface area contributed by atoms with Crippen LogP contribution in [-0.4, -0.2) is 29.1 Å². The molecule has 0 fully saturated rings. The highest BCUT2D eigenvalue weighted by Crippen LogP contribution is 2.30. The number of alkyl carbamates (subject to hydrolysis) is 1. The molecule has 1 aromatic heterocycles. The van der Waals surface area contributed by atoms with Gasteiger partial charge in [-0.15, -0.1) is 0 Å². The molecule has 1 atom stereocenters. The smallest absolute Gasteiger partial charge is 0.408 e. The minimum atomic E-state index is -1.02. The number of rotatable bonds is 6. The first kappa shape index (κ1) is 25.1. The van der Waals surface area contributed by atoms with Gasteiger partial charge in [0.25, 0.3) is 0 Å². The zero-order valence-corrected chi connectivity index (χ0v) is 20.1. The summed E-state index contributed by atoms with van der Waals surface area (Å²) in [4.78, 5) is 29.6. The van der Waals surface area contributed by atoms with Gasteiger partial charge < -0.3 is 14.8 Å². The van der Waals surface area contributed by atoms with Crippen molar-refractivity contribution in [3.8, 4) is 5.88 Å². The highest BCUT2D eigenvalue weighted by atomic mass is 19.1. The van der Waals surface area contributed by atoms with E-state index in [1.165, 1.54) is 6.07 Å². The standard InChI is InChI=1S/C26H28F2N2O4/c1-7-33-24-18-10-8-9-17(19(18)11-14(2)29-24)23(31)22-20(27)12-16(13-21(22)28)15(3)30-25(32)34-26(4,5)6/h8-13,15H,7H2,1-6H3,(H,30,32). The van der Waals surface area contributed by atoms with E-state index in [1.54, 1.807) is 52.8 Å². The molecule has 0 bridgehead atoms. The maximum absolute atomic E-state index is 15.1. The Labute approximate surface area is 197 Å². The third-order valence-electron chi connectivity index (χ3n) is 5.02. The second-order valence-electron chi connectivity index (χ2n) is 8.96. The van der Waals surface area contributed by atoms with Gasteiger partial charge in [0.2, 0.25) is 5.88 Å². The lowest BCUT2D eigenvalue weighted by Crippen LogP contribution is -2.34. The molecule has 0 spiro atoms. The van der Waals surface area contributed by atoms with Crippen LogP contribution in [0.3, 0.4) is 0 Å². The Morgan fingerprint density at radius 2 is 1.74 bits per heavy atom. The Balaban J connectivity index is 1.98. The van der Waals surface area contributed by atoms with Crippen molar-refractivity contribution < 1.29 is 27.8 Å². The summed E-state index contributed by atoms with van der Waals surface area (Å²) < 4.78 is 40.9. The maximum atomic E-state index is 15.1. The molecular formula is C26H28F2N2O4. The third kappa shape index (κ3) is 5.50. The minimum absolute atomic E-state index is 0.134. The van der Waals surface area contributed by atoms with E-state index in [9.17, 15) is 9.59 Å². The zero-order chi connectivity index (χ0) is 25.2. The fraction of sp³-hybridized carbons (Fsp3) is 0.346. The summed E-state index contributed by atoms with van der Waals surface area (Å²) in [7, 11) is 0. The van der Waals surface area contributed by atoms with Crippen molar-refractivity contribution in [2.24, 2.45) is 0 Å². The third-order valence-corrected chi connectivity index (χ3v) is 5.02. The van der Waals surface area contributed by atoms with E-state index >= 15 is 8.78 Å². The van der Waals surface area contributed by atoms with Gasteiger partial charge in [0.1, 0.15) is 17.2 Å². The van der Waals surface area contributed by atoms with Gasteiger partial charge in [0.15, 0.2) is 5.78 Å². The molecule has 1 unspecified atom stereocenters. The van der Waals surface area contributed by atoms with Crippen LogP contribution in [0.5, 0.6) is 5.88 Å². The molecular weight excluding hydrogens is 442 g/mol. The number of aryl methyl sites for hydroxylation is 1. The largest absolute Gasteiger partial charge is 0.478 e. The Morgan fingerprint density at radius 3 is 2.32 bits per heavy atom. The van der Waals surface area contributed by atoms with Crippen LogP contribution >= 0.6 is 0 Å². The fourth-order valence-corrected chi connectivity index (χ4v) is 3.58. The average molecular weight is 471 g/mol. The number of fused-ring (bicyclic) bond motifs is 1. The molecule has 6 nitrogen and oxygen atoms in total. The molecule has 3 aromatic rings. The van der Waals surface area contributed by atoms with Gasteiger partial charge in [-0.05, 0) is 71.4 Å². The summed E-state index contributed by atoms with van der Waals surface area (Å²) in [6.45, 7) is 10.6. The molecule has 2 aromatic carbocycles. The number of pyridine rings is 1. The number of amides is 1. The van der Waals surface area contributed by atoms with E-state index in [0.717, 1.165) is 12.1 Å². The predicted octanol–water partition coefficient (Wildman–Crippen LogP) is 6.04. The van der Waals surface area contributed by atoms with Gasteiger partial charge in [-0.1, -0.05) is 12.1 Å². The van der Waals surface area contributed by atoms with Crippen LogP contribution in [-0.2, 0) is 4.74 Å². The van der Waals surface area contributed by atoms with E-state index in [4.69, 9.17) is 9.47 Å². The quantitative estimate of drug-likeness (QED) is 0.445. The Bertz CT molecular complexity index is 1230. The molecule has 180 valence electrons. The maximum Gasteiger partial charge on any atom is 0.408 e. The Hall–Kier alpha value is -3.55. The molecule has 0 aliphatic heterocycles. The molecule has 0 saturated carbocycles. The first-order valence-corrected chi connectivity index (χ1v) is 11.0. The van der Waals surface area contributed by atoms with Crippen LogP contribution in [0.2, 0.25) is 0 Å². The molecule has 3 rings (SSSR count). The van der Waals surface area contributed by atoms with Gasteiger partial charge in [-0.3, -0.25) is 4.79 Å². The van der Waals surface area contributed by atoms with Crippen LogP contribution in [0.15, 0.2) is 36.4 Å². The van der Waals surface area contributed by atoms with Crippen molar-refractivity contribution in [1.82, 2.24) is 10.3 Å². The van der Waals surface area contributed by atoms with Crippen molar-refractivity contribution >= 4 is 22.6 Å². The van der Waals surface area contributed by atoms with Gasteiger partial charge in [-0.2, -0.15) is 0 Å².